The molecule has 1 saturated heterocycles. The van der Waals surface area contributed by atoms with E-state index in [1.807, 2.05) is 11.0 Å². The Labute approximate surface area is 187 Å². The molecule has 7 heteroatoms. The van der Waals surface area contributed by atoms with Crippen LogP contribution in [0.15, 0.2) is 41.2 Å². The number of nitrogens with zero attached hydrogens (tertiary/aromatic N) is 3. The van der Waals surface area contributed by atoms with Crippen LogP contribution in [-0.4, -0.2) is 38.8 Å². The summed E-state index contributed by atoms with van der Waals surface area (Å²) in [6.07, 6.45) is 9.18. The van der Waals surface area contributed by atoms with Crippen LogP contribution in [0.4, 0.5) is 4.39 Å². The van der Waals surface area contributed by atoms with Gasteiger partial charge in [0.05, 0.1) is 11.7 Å². The van der Waals surface area contributed by atoms with E-state index >= 15 is 0 Å². The van der Waals surface area contributed by atoms with Crippen molar-refractivity contribution in [2.45, 2.75) is 57.7 Å². The van der Waals surface area contributed by atoms with E-state index in [1.165, 1.54) is 6.07 Å². The monoisotopic (exact) mass is 436 g/mol. The molecule has 2 atom stereocenters. The van der Waals surface area contributed by atoms with Crippen molar-refractivity contribution >= 4 is 5.91 Å². The molecule has 2 aliphatic heterocycles. The third-order valence-corrected chi connectivity index (χ3v) is 6.99. The molecule has 6 nitrogen and oxygen atoms in total. The second-order valence-electron chi connectivity index (χ2n) is 9.10. The zero-order valence-corrected chi connectivity index (χ0v) is 18.2. The van der Waals surface area contributed by atoms with Crippen LogP contribution in [-0.2, 0) is 24.3 Å². The fraction of sp³-hybridized carbons (Fsp3) is 0.480. The molecule has 0 radical (unpaired) electrons. The summed E-state index contributed by atoms with van der Waals surface area (Å²) >= 11 is 0. The first kappa shape index (κ1) is 21.1. The van der Waals surface area contributed by atoms with E-state index in [0.717, 1.165) is 37.8 Å². The lowest BCUT2D eigenvalue weighted by atomic mass is 9.93. The summed E-state index contributed by atoms with van der Waals surface area (Å²) in [6, 6.07) is 6.63. The van der Waals surface area contributed by atoms with E-state index in [9.17, 15) is 14.0 Å². The van der Waals surface area contributed by atoms with Crippen LogP contribution < -0.4 is 5.56 Å². The van der Waals surface area contributed by atoms with E-state index in [2.05, 4.69) is 22.0 Å². The van der Waals surface area contributed by atoms with Crippen molar-refractivity contribution in [3.63, 3.8) is 0 Å². The Morgan fingerprint density at radius 3 is 2.88 bits per heavy atom. The zero-order valence-electron chi connectivity index (χ0n) is 18.2. The van der Waals surface area contributed by atoms with E-state index in [4.69, 9.17) is 4.98 Å². The minimum Gasteiger partial charge on any atom is -0.332 e. The van der Waals surface area contributed by atoms with Crippen molar-refractivity contribution < 1.29 is 9.18 Å². The molecule has 0 unspecified atom stereocenters. The topological polar surface area (TPSA) is 69.3 Å². The van der Waals surface area contributed by atoms with Gasteiger partial charge in [-0.25, -0.2) is 9.37 Å². The maximum atomic E-state index is 14.1. The summed E-state index contributed by atoms with van der Waals surface area (Å²) in [5.41, 5.74) is 2.02. The summed E-state index contributed by atoms with van der Waals surface area (Å²) in [4.78, 5) is 37.9. The number of benzene rings is 1. The number of halogens is 1. The van der Waals surface area contributed by atoms with Crippen LogP contribution in [0.2, 0.25) is 0 Å². The number of carbonyl (C=O) groups excluding carboxylic acids is 1. The highest BCUT2D eigenvalue weighted by molar-refractivity contribution is 5.80. The fourth-order valence-electron chi connectivity index (χ4n) is 5.24. The molecular weight excluding hydrogens is 407 g/mol. The van der Waals surface area contributed by atoms with Gasteiger partial charge in [-0.3, -0.25) is 14.5 Å². The summed E-state index contributed by atoms with van der Waals surface area (Å²) in [5, 5.41) is 0. The lowest BCUT2D eigenvalue weighted by Gasteiger charge is -2.31. The fourth-order valence-corrected chi connectivity index (χ4v) is 5.24. The average molecular weight is 437 g/mol. The molecule has 1 aromatic carbocycles. The molecule has 1 aliphatic carbocycles. The molecule has 1 amide bonds. The number of nitrogens with one attached hydrogen (secondary N) is 1. The molecule has 168 valence electrons. The molecule has 0 spiro atoms. The highest BCUT2D eigenvalue weighted by atomic mass is 19.1. The highest BCUT2D eigenvalue weighted by Gasteiger charge is 2.36. The quantitative estimate of drug-likeness (QED) is 0.745. The molecule has 1 N–H and O–H groups in total. The standard InChI is InChI=1S/C25H29FN4O2/c26-20-10-5-4-9-18(20)15-29-14-12-19-21(16-29)27-23(28-24(19)31)22-11-6-13-30(22)25(32)17-7-2-1-3-8-17/h1-2,4-5,9-10,17,22H,3,6-8,11-16H2,(H,27,28,31)/t17-,22+/m0/s1. The largest absolute Gasteiger partial charge is 0.332 e. The van der Waals surface area contributed by atoms with Crippen LogP contribution in [0.5, 0.6) is 0 Å². The number of fused-ring (bicyclic) bond motifs is 1. The van der Waals surface area contributed by atoms with Crippen LogP contribution in [0.25, 0.3) is 0 Å². The van der Waals surface area contributed by atoms with Gasteiger partial charge in [0.1, 0.15) is 11.6 Å². The van der Waals surface area contributed by atoms with Crippen LogP contribution >= 0.6 is 0 Å². The number of amides is 1. The van der Waals surface area contributed by atoms with Crippen molar-refractivity contribution in [1.82, 2.24) is 19.8 Å². The zero-order chi connectivity index (χ0) is 22.1. The van der Waals surface area contributed by atoms with Gasteiger partial charge in [0.2, 0.25) is 5.91 Å². The smallest absolute Gasteiger partial charge is 0.254 e. The molecule has 2 aromatic rings. The number of carbonyl (C=O) groups is 1. The van der Waals surface area contributed by atoms with Crippen LogP contribution in [0.1, 0.15) is 60.8 Å². The average Bonchev–Trinajstić information content (AvgIpc) is 3.30. The van der Waals surface area contributed by atoms with Crippen molar-refractivity contribution in [1.29, 1.82) is 0 Å². The molecule has 0 saturated carbocycles. The molecule has 3 heterocycles. The van der Waals surface area contributed by atoms with Crippen molar-refractivity contribution in [2.75, 3.05) is 13.1 Å². The summed E-state index contributed by atoms with van der Waals surface area (Å²) in [5.74, 6) is 0.592. The van der Waals surface area contributed by atoms with Crippen molar-refractivity contribution in [2.24, 2.45) is 5.92 Å². The molecule has 32 heavy (non-hydrogen) atoms. The second kappa shape index (κ2) is 8.98. The Balaban J connectivity index is 1.37. The molecule has 1 fully saturated rings. The minimum absolute atomic E-state index is 0.0289. The SMILES string of the molecule is O=C([C@H]1CC=CCC1)N1CCC[C@@H]1c1nc2c(c(=O)[nH]1)CCN(Cc1ccccc1F)C2. The molecule has 0 bridgehead atoms. The van der Waals surface area contributed by atoms with Gasteiger partial charge in [-0.2, -0.15) is 0 Å². The first-order valence-electron chi connectivity index (χ1n) is 11.6. The molecular formula is C25H29FN4O2. The second-order valence-corrected chi connectivity index (χ2v) is 9.10. The third kappa shape index (κ3) is 4.13. The maximum absolute atomic E-state index is 14.1. The van der Waals surface area contributed by atoms with Gasteiger partial charge >= 0.3 is 0 Å². The van der Waals surface area contributed by atoms with Gasteiger partial charge in [0, 0.05) is 43.2 Å². The Morgan fingerprint density at radius 1 is 1.19 bits per heavy atom. The summed E-state index contributed by atoms with van der Waals surface area (Å²) < 4.78 is 14.1. The first-order valence-corrected chi connectivity index (χ1v) is 11.6. The number of hydrogen-bond donors (Lipinski definition) is 1. The van der Waals surface area contributed by atoms with Crippen molar-refractivity contribution in [3.8, 4) is 0 Å². The first-order chi connectivity index (χ1) is 15.6. The number of allylic oxidation sites excluding steroid dienone is 2. The lowest BCUT2D eigenvalue weighted by Crippen LogP contribution is -2.39. The Bertz CT molecular complexity index is 1100. The number of likely N-dealkylation sites (tertiary alicyclic amines) is 1. The van der Waals surface area contributed by atoms with E-state index in [0.29, 0.717) is 49.6 Å². The highest BCUT2D eigenvalue weighted by Crippen LogP contribution is 2.33. The number of aromatic nitrogens is 2. The number of rotatable bonds is 4. The van der Waals surface area contributed by atoms with E-state index in [1.54, 1.807) is 12.1 Å². The van der Waals surface area contributed by atoms with Gasteiger partial charge in [-0.1, -0.05) is 30.4 Å². The number of hydrogen-bond acceptors (Lipinski definition) is 4. The molecule has 3 aliphatic rings. The maximum Gasteiger partial charge on any atom is 0.254 e. The van der Waals surface area contributed by atoms with Crippen LogP contribution in [0, 0.1) is 11.7 Å². The Hall–Kier alpha value is -2.80. The van der Waals surface area contributed by atoms with Gasteiger partial charge in [-0.05, 0) is 44.6 Å². The van der Waals surface area contributed by atoms with Crippen LogP contribution in [0.3, 0.4) is 0 Å². The predicted molar refractivity (Wildman–Crippen MR) is 119 cm³/mol. The lowest BCUT2D eigenvalue weighted by molar-refractivity contribution is -0.136. The van der Waals surface area contributed by atoms with E-state index < -0.39 is 0 Å². The van der Waals surface area contributed by atoms with Gasteiger partial charge in [-0.15, -0.1) is 0 Å². The summed E-state index contributed by atoms with van der Waals surface area (Å²) in [7, 11) is 0. The number of aromatic amines is 1. The molecule has 1 aromatic heterocycles. The predicted octanol–water partition coefficient (Wildman–Crippen LogP) is 3.49. The molecule has 5 rings (SSSR count). The third-order valence-electron chi connectivity index (χ3n) is 6.99. The van der Waals surface area contributed by atoms with E-state index in [-0.39, 0.29) is 29.2 Å². The Kier molecular flexibility index (Phi) is 5.91. The van der Waals surface area contributed by atoms with Gasteiger partial charge < -0.3 is 9.88 Å². The van der Waals surface area contributed by atoms with Crippen molar-refractivity contribution in [3.05, 3.63) is 75.2 Å². The minimum atomic E-state index is -0.212. The Morgan fingerprint density at radius 2 is 2.06 bits per heavy atom. The van der Waals surface area contributed by atoms with Gasteiger partial charge in [0.25, 0.3) is 5.56 Å². The number of H-pyrrole nitrogens is 1. The normalized spacial score (nSPS) is 23.3. The van der Waals surface area contributed by atoms with Gasteiger partial charge in [0.15, 0.2) is 0 Å². The summed E-state index contributed by atoms with van der Waals surface area (Å²) in [6.45, 7) is 2.40.